The van der Waals surface area contributed by atoms with E-state index in [2.05, 4.69) is 19.2 Å². The van der Waals surface area contributed by atoms with Crippen molar-refractivity contribution in [1.82, 2.24) is 0 Å². The Morgan fingerprint density at radius 2 is 2.10 bits per heavy atom. The molecule has 0 bridgehead atoms. The van der Waals surface area contributed by atoms with E-state index in [9.17, 15) is 4.79 Å². The summed E-state index contributed by atoms with van der Waals surface area (Å²) < 4.78 is 5.73. The molecule has 0 radical (unpaired) electrons. The molecule has 0 aromatic heterocycles. The predicted molar refractivity (Wildman–Crippen MR) is 84.6 cm³/mol. The summed E-state index contributed by atoms with van der Waals surface area (Å²) in [6.07, 6.45) is 5.43. The molecule has 21 heavy (non-hydrogen) atoms. The molecule has 0 amide bonds. The number of nitrogens with one attached hydrogen (secondary N) is 1. The van der Waals surface area contributed by atoms with Crippen molar-refractivity contribution < 1.29 is 9.53 Å². The molecule has 3 unspecified atom stereocenters. The summed E-state index contributed by atoms with van der Waals surface area (Å²) in [5.41, 5.74) is 3.10. The third-order valence-electron chi connectivity index (χ3n) is 5.10. The van der Waals surface area contributed by atoms with Gasteiger partial charge in [-0.3, -0.25) is 0 Å². The number of benzene rings is 1. The second kappa shape index (κ2) is 6.08. The van der Waals surface area contributed by atoms with Crippen molar-refractivity contribution in [1.29, 1.82) is 0 Å². The predicted octanol–water partition coefficient (Wildman–Crippen LogP) is 4.03. The van der Waals surface area contributed by atoms with Crippen LogP contribution in [0.4, 0.5) is 5.69 Å². The van der Waals surface area contributed by atoms with Crippen molar-refractivity contribution in [3.05, 3.63) is 29.3 Å². The highest BCUT2D eigenvalue weighted by Gasteiger charge is 2.27. The van der Waals surface area contributed by atoms with Gasteiger partial charge in [0.15, 0.2) is 0 Å². The van der Waals surface area contributed by atoms with Crippen LogP contribution < -0.4 is 5.32 Å². The number of hydrogen-bond donors (Lipinski definition) is 1. The zero-order valence-corrected chi connectivity index (χ0v) is 13.0. The summed E-state index contributed by atoms with van der Waals surface area (Å²) in [4.78, 5) is 12.3. The van der Waals surface area contributed by atoms with Crippen molar-refractivity contribution in [2.45, 2.75) is 52.1 Å². The Morgan fingerprint density at radius 1 is 1.24 bits per heavy atom. The number of hydrogen-bond acceptors (Lipinski definition) is 3. The highest BCUT2D eigenvalue weighted by molar-refractivity contribution is 5.90. The molecule has 1 saturated carbocycles. The minimum absolute atomic E-state index is 0.0952. The summed E-state index contributed by atoms with van der Waals surface area (Å²) in [7, 11) is 0. The topological polar surface area (TPSA) is 38.3 Å². The Balaban J connectivity index is 1.65. The first-order chi connectivity index (χ1) is 10.1. The molecule has 1 heterocycles. The van der Waals surface area contributed by atoms with Crippen LogP contribution in [-0.4, -0.2) is 18.6 Å². The van der Waals surface area contributed by atoms with Crippen molar-refractivity contribution in [3.8, 4) is 0 Å². The zero-order chi connectivity index (χ0) is 14.8. The molecule has 3 atom stereocenters. The molecule has 1 aliphatic heterocycles. The molecule has 3 nitrogen and oxygen atoms in total. The van der Waals surface area contributed by atoms with Gasteiger partial charge in [0.25, 0.3) is 0 Å². The van der Waals surface area contributed by atoms with Crippen molar-refractivity contribution in [2.75, 3.05) is 11.9 Å². The number of carbonyl (C=O) groups is 1. The fraction of sp³-hybridized carbons (Fsp3) is 0.611. The van der Waals surface area contributed by atoms with Crippen molar-refractivity contribution >= 4 is 11.7 Å². The first kappa shape index (κ1) is 14.4. The van der Waals surface area contributed by atoms with Gasteiger partial charge in [-0.15, -0.1) is 0 Å². The molecule has 2 aliphatic rings. The highest BCUT2D eigenvalue weighted by atomic mass is 16.5. The number of aryl methyl sites for hydroxylation is 1. The maximum absolute atomic E-state index is 12.3. The van der Waals surface area contributed by atoms with E-state index in [1.807, 2.05) is 18.2 Å². The Morgan fingerprint density at radius 3 is 2.90 bits per heavy atom. The Labute approximate surface area is 127 Å². The van der Waals surface area contributed by atoms with E-state index in [1.165, 1.54) is 5.56 Å². The van der Waals surface area contributed by atoms with Crippen LogP contribution in [0, 0.1) is 11.8 Å². The molecule has 3 heteroatoms. The Kier molecular flexibility index (Phi) is 4.18. The quantitative estimate of drug-likeness (QED) is 0.835. The third-order valence-corrected chi connectivity index (χ3v) is 5.10. The van der Waals surface area contributed by atoms with E-state index in [0.29, 0.717) is 11.5 Å². The van der Waals surface area contributed by atoms with Gasteiger partial charge in [-0.2, -0.15) is 0 Å². The molecule has 3 rings (SSSR count). The molecule has 1 aromatic carbocycles. The molecular weight excluding hydrogens is 262 g/mol. The van der Waals surface area contributed by atoms with Crippen LogP contribution in [0.15, 0.2) is 18.2 Å². The molecule has 1 aromatic rings. The van der Waals surface area contributed by atoms with E-state index in [4.69, 9.17) is 4.74 Å². The first-order valence-electron chi connectivity index (χ1n) is 8.21. The summed E-state index contributed by atoms with van der Waals surface area (Å²) in [6.45, 7) is 5.57. The second-order valence-corrected chi connectivity index (χ2v) is 6.70. The number of carbonyl (C=O) groups excluding carboxylic acids is 1. The number of rotatable bonds is 2. The van der Waals surface area contributed by atoms with Gasteiger partial charge in [-0.1, -0.05) is 13.8 Å². The Hall–Kier alpha value is -1.51. The van der Waals surface area contributed by atoms with Crippen LogP contribution in [0.2, 0.25) is 0 Å². The lowest BCUT2D eigenvalue weighted by Gasteiger charge is -2.31. The van der Waals surface area contributed by atoms with Crippen LogP contribution in [0.25, 0.3) is 0 Å². The molecule has 1 N–H and O–H groups in total. The van der Waals surface area contributed by atoms with E-state index in [1.54, 1.807) is 0 Å². The van der Waals surface area contributed by atoms with Crippen LogP contribution >= 0.6 is 0 Å². The maximum atomic E-state index is 12.3. The molecule has 1 fully saturated rings. The van der Waals surface area contributed by atoms with Gasteiger partial charge >= 0.3 is 5.97 Å². The fourth-order valence-electron chi connectivity index (χ4n) is 3.43. The van der Waals surface area contributed by atoms with Crippen LogP contribution in [-0.2, 0) is 11.2 Å². The van der Waals surface area contributed by atoms with Crippen molar-refractivity contribution in [3.63, 3.8) is 0 Å². The van der Waals surface area contributed by atoms with Gasteiger partial charge < -0.3 is 10.1 Å². The van der Waals surface area contributed by atoms with Gasteiger partial charge in [-0.05, 0) is 67.7 Å². The van der Waals surface area contributed by atoms with Gasteiger partial charge in [0, 0.05) is 12.2 Å². The van der Waals surface area contributed by atoms with Gasteiger partial charge in [0.2, 0.25) is 0 Å². The van der Waals surface area contributed by atoms with Crippen molar-refractivity contribution in [2.24, 2.45) is 11.8 Å². The van der Waals surface area contributed by atoms with E-state index < -0.39 is 0 Å². The average molecular weight is 287 g/mol. The first-order valence-corrected chi connectivity index (χ1v) is 8.21. The van der Waals surface area contributed by atoms with Crippen LogP contribution in [0.5, 0.6) is 0 Å². The lowest BCUT2D eigenvalue weighted by Crippen LogP contribution is -2.28. The maximum Gasteiger partial charge on any atom is 0.338 e. The highest BCUT2D eigenvalue weighted by Crippen LogP contribution is 2.31. The largest absolute Gasteiger partial charge is 0.459 e. The van der Waals surface area contributed by atoms with E-state index in [0.717, 1.165) is 50.3 Å². The number of anilines is 1. The molecule has 114 valence electrons. The van der Waals surface area contributed by atoms with Gasteiger partial charge in [0.1, 0.15) is 6.10 Å². The van der Waals surface area contributed by atoms with Gasteiger partial charge in [0.05, 0.1) is 5.56 Å². The second-order valence-electron chi connectivity index (χ2n) is 6.70. The molecule has 0 spiro atoms. The monoisotopic (exact) mass is 287 g/mol. The van der Waals surface area contributed by atoms with Crippen LogP contribution in [0.1, 0.15) is 55.5 Å². The van der Waals surface area contributed by atoms with Gasteiger partial charge in [-0.25, -0.2) is 4.79 Å². The lowest BCUT2D eigenvalue weighted by atomic mass is 9.80. The molecular formula is C18H25NO2. The smallest absolute Gasteiger partial charge is 0.338 e. The number of esters is 1. The zero-order valence-electron chi connectivity index (χ0n) is 13.0. The number of ether oxygens (including phenoxy) is 1. The third kappa shape index (κ3) is 3.22. The lowest BCUT2D eigenvalue weighted by molar-refractivity contribution is 0.00878. The van der Waals surface area contributed by atoms with E-state index >= 15 is 0 Å². The SMILES string of the molecule is CC1CCC(OC(=O)c2ccc3c(c2)CCCN3)CC1C. The number of fused-ring (bicyclic) bond motifs is 1. The normalized spacial score (nSPS) is 28.4. The fourth-order valence-corrected chi connectivity index (χ4v) is 3.43. The minimum atomic E-state index is -0.157. The standard InChI is InChI=1S/C18H25NO2/c1-12-5-7-16(10-13(12)2)21-18(20)15-6-8-17-14(11-15)4-3-9-19-17/h6,8,11-13,16,19H,3-5,7,9-10H2,1-2H3. The van der Waals surface area contributed by atoms with Crippen LogP contribution in [0.3, 0.4) is 0 Å². The average Bonchev–Trinajstić information content (AvgIpc) is 2.50. The minimum Gasteiger partial charge on any atom is -0.459 e. The van der Waals surface area contributed by atoms with E-state index in [-0.39, 0.29) is 12.1 Å². The summed E-state index contributed by atoms with van der Waals surface area (Å²) in [5, 5.41) is 3.37. The summed E-state index contributed by atoms with van der Waals surface area (Å²) in [5.74, 6) is 1.23. The summed E-state index contributed by atoms with van der Waals surface area (Å²) >= 11 is 0. The Bertz CT molecular complexity index is 526. The molecule has 1 aliphatic carbocycles. The molecule has 0 saturated heterocycles. The summed E-state index contributed by atoms with van der Waals surface area (Å²) in [6, 6.07) is 5.89.